The van der Waals surface area contributed by atoms with Crippen LogP contribution in [0.5, 0.6) is 5.75 Å². The Morgan fingerprint density at radius 2 is 1.49 bits per heavy atom. The van der Waals surface area contributed by atoms with E-state index in [2.05, 4.69) is 71.0 Å². The molecule has 1 aromatic heterocycles. The number of benzene rings is 3. The summed E-state index contributed by atoms with van der Waals surface area (Å²) in [4.78, 5) is 4.12. The molecule has 1 saturated heterocycles. The first-order valence-corrected chi connectivity index (χ1v) is 15.1. The smallest absolute Gasteiger partial charge is 0.119 e. The van der Waals surface area contributed by atoms with Crippen LogP contribution < -0.4 is 10.1 Å². The van der Waals surface area contributed by atoms with Crippen LogP contribution in [0.2, 0.25) is 0 Å². The van der Waals surface area contributed by atoms with E-state index in [1.807, 2.05) is 30.3 Å². The molecule has 2 N–H and O–H groups in total. The van der Waals surface area contributed by atoms with Gasteiger partial charge >= 0.3 is 0 Å². The Bertz CT molecular complexity index is 1370. The average Bonchev–Trinajstić information content (AvgIpc) is 3.06. The van der Waals surface area contributed by atoms with Crippen LogP contribution in [0.25, 0.3) is 0 Å². The molecule has 0 spiro atoms. The molecule has 226 valence electrons. The van der Waals surface area contributed by atoms with Gasteiger partial charge in [0.1, 0.15) is 5.75 Å². The highest BCUT2D eigenvalue weighted by molar-refractivity contribution is 5.31. The summed E-state index contributed by atoms with van der Waals surface area (Å²) in [6.45, 7) is 5.21. The van der Waals surface area contributed by atoms with Crippen LogP contribution in [-0.2, 0) is 47.2 Å². The first-order chi connectivity index (χ1) is 21.3. The maximum absolute atomic E-state index is 9.28. The average molecular weight is 583 g/mol. The van der Waals surface area contributed by atoms with Crippen molar-refractivity contribution >= 4 is 0 Å². The molecule has 1 aliphatic rings. The summed E-state index contributed by atoms with van der Waals surface area (Å²) in [5.41, 5.74) is 6.36. The van der Waals surface area contributed by atoms with E-state index >= 15 is 0 Å². The summed E-state index contributed by atoms with van der Waals surface area (Å²) in [7, 11) is 0. The quantitative estimate of drug-likeness (QED) is 0.158. The van der Waals surface area contributed by atoms with Gasteiger partial charge in [0.25, 0.3) is 0 Å². The maximum Gasteiger partial charge on any atom is 0.119 e. The predicted molar refractivity (Wildman–Crippen MR) is 167 cm³/mol. The van der Waals surface area contributed by atoms with E-state index in [4.69, 9.17) is 18.9 Å². The van der Waals surface area contributed by atoms with Crippen molar-refractivity contribution in [1.29, 1.82) is 0 Å². The third kappa shape index (κ3) is 9.99. The highest BCUT2D eigenvalue weighted by Gasteiger charge is 2.27. The molecule has 7 nitrogen and oxygen atoms in total. The van der Waals surface area contributed by atoms with Crippen molar-refractivity contribution in [3.05, 3.63) is 131 Å². The van der Waals surface area contributed by atoms with Gasteiger partial charge in [0.2, 0.25) is 0 Å². The van der Waals surface area contributed by atoms with Gasteiger partial charge in [0.15, 0.2) is 0 Å². The van der Waals surface area contributed by atoms with E-state index in [-0.39, 0.29) is 12.7 Å². The highest BCUT2D eigenvalue weighted by Crippen LogP contribution is 2.30. The van der Waals surface area contributed by atoms with Gasteiger partial charge in [-0.05, 0) is 65.0 Å². The lowest BCUT2D eigenvalue weighted by Crippen LogP contribution is -2.40. The minimum Gasteiger partial charge on any atom is -0.494 e. The zero-order chi connectivity index (χ0) is 29.5. The van der Waals surface area contributed by atoms with Gasteiger partial charge in [-0.3, -0.25) is 4.98 Å². The molecule has 3 aromatic carbocycles. The lowest BCUT2D eigenvalue weighted by atomic mass is 9.87. The highest BCUT2D eigenvalue weighted by atomic mass is 16.5. The fourth-order valence-electron chi connectivity index (χ4n) is 5.32. The Balaban J connectivity index is 1.05. The Morgan fingerprint density at radius 1 is 0.744 bits per heavy atom. The number of aliphatic hydroxyl groups excluding tert-OH is 1. The van der Waals surface area contributed by atoms with E-state index in [0.717, 1.165) is 48.4 Å². The van der Waals surface area contributed by atoms with Crippen molar-refractivity contribution in [2.75, 3.05) is 26.3 Å². The molecular formula is C36H42N2O5. The second kappa shape index (κ2) is 16.9. The number of aromatic nitrogens is 1. The third-order valence-electron chi connectivity index (χ3n) is 7.58. The number of hydrogen-bond donors (Lipinski definition) is 2. The molecule has 0 radical (unpaired) electrons. The van der Waals surface area contributed by atoms with Crippen LogP contribution in [0.3, 0.4) is 0 Å². The minimum atomic E-state index is -0.0701. The number of pyridine rings is 1. The molecule has 2 atom stereocenters. The molecule has 43 heavy (non-hydrogen) atoms. The van der Waals surface area contributed by atoms with Gasteiger partial charge in [-0.15, -0.1) is 0 Å². The molecule has 0 amide bonds. The maximum atomic E-state index is 9.28. The first-order valence-electron chi connectivity index (χ1n) is 15.1. The number of nitrogens with one attached hydrogen (secondary N) is 1. The molecule has 0 saturated carbocycles. The number of hydrogen-bond acceptors (Lipinski definition) is 7. The van der Waals surface area contributed by atoms with Crippen molar-refractivity contribution in [3.63, 3.8) is 0 Å². The molecule has 2 heterocycles. The standard InChI is InChI=1S/C36H42N2O5/c39-23-33-21-31(14-17-38-33)26-41-25-29-8-4-9-30(20-29)27-43-36-22-37-16-15-35(36)32-10-12-34(13-11-32)42-19-5-18-40-24-28-6-2-1-3-7-28/h1-4,6-14,17,20-21,35-37,39H,5,15-16,18-19,22-27H2. The van der Waals surface area contributed by atoms with Crippen molar-refractivity contribution in [1.82, 2.24) is 10.3 Å². The topological polar surface area (TPSA) is 82.1 Å². The van der Waals surface area contributed by atoms with Gasteiger partial charge in [-0.2, -0.15) is 0 Å². The minimum absolute atomic E-state index is 0.0701. The number of aliphatic hydroxyl groups is 1. The molecule has 1 aliphatic heterocycles. The molecule has 0 bridgehead atoms. The van der Waals surface area contributed by atoms with Crippen molar-refractivity contribution in [2.45, 2.75) is 57.9 Å². The second-order valence-corrected chi connectivity index (χ2v) is 10.9. The molecule has 0 aliphatic carbocycles. The monoisotopic (exact) mass is 582 g/mol. The zero-order valence-corrected chi connectivity index (χ0v) is 24.7. The summed E-state index contributed by atoms with van der Waals surface area (Å²) in [6.07, 6.45) is 3.67. The van der Waals surface area contributed by atoms with E-state index in [1.165, 1.54) is 11.1 Å². The van der Waals surface area contributed by atoms with Crippen LogP contribution in [-0.4, -0.2) is 42.5 Å². The van der Waals surface area contributed by atoms with Crippen molar-refractivity contribution in [2.24, 2.45) is 0 Å². The molecule has 7 heteroatoms. The Hall–Kier alpha value is -3.59. The van der Waals surface area contributed by atoms with Crippen LogP contribution in [0.1, 0.15) is 52.3 Å². The van der Waals surface area contributed by atoms with Gasteiger partial charge in [0, 0.05) is 25.1 Å². The zero-order valence-electron chi connectivity index (χ0n) is 24.7. The largest absolute Gasteiger partial charge is 0.494 e. The summed E-state index contributed by atoms with van der Waals surface area (Å²) < 4.78 is 24.1. The molecular weight excluding hydrogens is 540 g/mol. The lowest BCUT2D eigenvalue weighted by Gasteiger charge is -2.32. The molecule has 4 aromatic rings. The van der Waals surface area contributed by atoms with E-state index in [1.54, 1.807) is 6.20 Å². The normalized spacial score (nSPS) is 16.7. The lowest BCUT2D eigenvalue weighted by molar-refractivity contribution is 0.0105. The van der Waals surface area contributed by atoms with E-state index < -0.39 is 0 Å². The third-order valence-corrected chi connectivity index (χ3v) is 7.58. The van der Waals surface area contributed by atoms with Crippen molar-refractivity contribution < 1.29 is 24.1 Å². The van der Waals surface area contributed by atoms with Gasteiger partial charge in [0.05, 0.1) is 58.0 Å². The Labute approximate surface area is 254 Å². The van der Waals surface area contributed by atoms with E-state index in [0.29, 0.717) is 51.3 Å². The van der Waals surface area contributed by atoms with Gasteiger partial charge < -0.3 is 29.4 Å². The second-order valence-electron chi connectivity index (χ2n) is 10.9. The molecule has 5 rings (SSSR count). The molecule has 2 unspecified atom stereocenters. The Kier molecular flexibility index (Phi) is 12.1. The number of rotatable bonds is 16. The summed E-state index contributed by atoms with van der Waals surface area (Å²) in [5.74, 6) is 1.22. The predicted octanol–water partition coefficient (Wildman–Crippen LogP) is 5.94. The number of piperidine rings is 1. The fourth-order valence-corrected chi connectivity index (χ4v) is 5.32. The van der Waals surface area contributed by atoms with Crippen LogP contribution >= 0.6 is 0 Å². The van der Waals surface area contributed by atoms with Crippen LogP contribution in [0.4, 0.5) is 0 Å². The van der Waals surface area contributed by atoms with Crippen molar-refractivity contribution in [3.8, 4) is 5.75 Å². The summed E-state index contributed by atoms with van der Waals surface area (Å²) >= 11 is 0. The van der Waals surface area contributed by atoms with Crippen LogP contribution in [0.15, 0.2) is 97.2 Å². The summed E-state index contributed by atoms with van der Waals surface area (Å²) in [6, 6.07) is 30.9. The van der Waals surface area contributed by atoms with Gasteiger partial charge in [-0.25, -0.2) is 0 Å². The van der Waals surface area contributed by atoms with Gasteiger partial charge in [-0.1, -0.05) is 66.7 Å². The first kappa shape index (κ1) is 30.9. The number of nitrogens with zero attached hydrogens (tertiary/aromatic N) is 1. The van der Waals surface area contributed by atoms with E-state index in [9.17, 15) is 5.11 Å². The Morgan fingerprint density at radius 3 is 2.30 bits per heavy atom. The number of ether oxygens (including phenoxy) is 4. The fraction of sp³-hybridized carbons (Fsp3) is 0.361. The molecule has 1 fully saturated rings. The summed E-state index contributed by atoms with van der Waals surface area (Å²) in [5, 5.41) is 12.8. The van der Waals surface area contributed by atoms with Crippen LogP contribution in [0, 0.1) is 0 Å². The SMILES string of the molecule is OCc1cc(COCc2cccc(COC3CNCCC3c3ccc(OCCCOCc4ccccc4)cc3)c2)ccn1.